The maximum absolute atomic E-state index is 14.5. The van der Waals surface area contributed by atoms with E-state index in [2.05, 4.69) is 0 Å². The first-order chi connectivity index (χ1) is 30.6. The molecule has 0 spiro atoms. The molecule has 4 rings (SSSR count). The highest BCUT2D eigenvalue weighted by molar-refractivity contribution is 5.81. The van der Waals surface area contributed by atoms with E-state index in [1.165, 1.54) is 0 Å². The van der Waals surface area contributed by atoms with Crippen LogP contribution in [0.4, 0.5) is 0 Å². The number of rotatable bonds is 13. The molecule has 3 aromatic carbocycles. The lowest BCUT2D eigenvalue weighted by atomic mass is 9.71. The average molecular weight is 945 g/mol. The Morgan fingerprint density at radius 3 is 1.21 bits per heavy atom. The first kappa shape index (κ1) is 56.0. The molecule has 0 aliphatic carbocycles. The second kappa shape index (κ2) is 19.3. The molecular weight excluding hydrogens is 861 g/mol. The lowest BCUT2D eigenvalue weighted by Gasteiger charge is -2.35. The van der Waals surface area contributed by atoms with Crippen molar-refractivity contribution in [2.75, 3.05) is 0 Å². The zero-order chi connectivity index (χ0) is 52.1. The van der Waals surface area contributed by atoms with E-state index in [0.717, 1.165) is 33.4 Å². The van der Waals surface area contributed by atoms with Crippen molar-refractivity contribution >= 4 is 17.9 Å². The van der Waals surface area contributed by atoms with Crippen molar-refractivity contribution in [3.63, 3.8) is 0 Å². The van der Waals surface area contributed by atoms with Gasteiger partial charge < -0.3 is 20.1 Å². The number of hydrogen-bond acceptors (Lipinski definition) is 11. The molecule has 0 amide bonds. The first-order valence-electron chi connectivity index (χ1n) is 24.2. The number of carbonyl (C=O) groups excluding carboxylic acids is 3. The summed E-state index contributed by atoms with van der Waals surface area (Å²) in [7, 11) is 0. The Kier molecular flexibility index (Phi) is 15.9. The van der Waals surface area contributed by atoms with Gasteiger partial charge in [-0.15, -0.1) is 0 Å². The molecule has 0 radical (unpaired) electrons. The van der Waals surface area contributed by atoms with E-state index >= 15 is 0 Å². The smallest absolute Gasteiger partial charge is 0.420 e. The van der Waals surface area contributed by atoms with Gasteiger partial charge in [-0.2, -0.15) is 9.78 Å². The molecule has 1 heterocycles. The topological polar surface area (TPSA) is 165 Å². The number of ether oxygens (including phenoxy) is 1. The van der Waals surface area contributed by atoms with Crippen molar-refractivity contribution in [3.05, 3.63) is 86.5 Å². The van der Waals surface area contributed by atoms with E-state index in [9.17, 15) is 29.7 Å². The molecule has 2 unspecified atom stereocenters. The molecule has 1 fully saturated rings. The number of carbonyl (C=O) groups is 3. The zero-order valence-corrected chi connectivity index (χ0v) is 45.3. The number of esters is 1. The Labute approximate surface area is 407 Å². The minimum Gasteiger partial charge on any atom is -0.507 e. The molecule has 1 aliphatic heterocycles. The summed E-state index contributed by atoms with van der Waals surface area (Å²) in [6.07, 6.45) is 0.195. The Hall–Kier alpha value is -4.61. The van der Waals surface area contributed by atoms with Crippen molar-refractivity contribution in [1.29, 1.82) is 0 Å². The molecule has 0 aromatic heterocycles. The van der Waals surface area contributed by atoms with E-state index in [4.69, 9.17) is 24.3 Å². The minimum atomic E-state index is -1.88. The summed E-state index contributed by atoms with van der Waals surface area (Å²) in [6.45, 7) is 41.9. The molecule has 11 heteroatoms. The Morgan fingerprint density at radius 2 is 0.868 bits per heavy atom. The van der Waals surface area contributed by atoms with E-state index in [1.807, 2.05) is 175 Å². The Balaban J connectivity index is 1.62. The van der Waals surface area contributed by atoms with E-state index in [0.29, 0.717) is 23.1 Å². The summed E-state index contributed by atoms with van der Waals surface area (Å²) >= 11 is 0. The molecule has 11 nitrogen and oxygen atoms in total. The third-order valence-electron chi connectivity index (χ3n) is 13.0. The zero-order valence-electron chi connectivity index (χ0n) is 45.3. The summed E-state index contributed by atoms with van der Waals surface area (Å²) < 4.78 is 6.02. The Morgan fingerprint density at radius 1 is 0.529 bits per heavy atom. The van der Waals surface area contributed by atoms with Crippen LogP contribution in [-0.4, -0.2) is 45.1 Å². The maximum atomic E-state index is 14.5. The molecule has 3 N–H and O–H groups in total. The van der Waals surface area contributed by atoms with E-state index in [-0.39, 0.29) is 53.8 Å². The maximum Gasteiger partial charge on any atom is 0.420 e. The second-order valence-corrected chi connectivity index (χ2v) is 26.2. The highest BCUT2D eigenvalue weighted by Crippen LogP contribution is 2.46. The van der Waals surface area contributed by atoms with Crippen LogP contribution in [0.15, 0.2) is 36.4 Å². The van der Waals surface area contributed by atoms with Gasteiger partial charge in [0.15, 0.2) is 0 Å². The van der Waals surface area contributed by atoms with Crippen molar-refractivity contribution in [2.24, 2.45) is 11.3 Å². The number of phenols is 3. The van der Waals surface area contributed by atoms with Gasteiger partial charge in [-0.1, -0.05) is 175 Å². The molecule has 0 bridgehead atoms. The van der Waals surface area contributed by atoms with Crippen LogP contribution in [0, 0.1) is 11.3 Å². The summed E-state index contributed by atoms with van der Waals surface area (Å²) in [6, 6.07) is 11.4. The molecule has 0 saturated carbocycles. The van der Waals surface area contributed by atoms with Crippen LogP contribution in [-0.2, 0) is 90.4 Å². The third-order valence-corrected chi connectivity index (χ3v) is 13.0. The van der Waals surface area contributed by atoms with Gasteiger partial charge in [-0.05, 0) is 114 Å². The van der Waals surface area contributed by atoms with Crippen LogP contribution in [0.2, 0.25) is 0 Å². The van der Waals surface area contributed by atoms with Gasteiger partial charge in [-0.25, -0.2) is 19.4 Å². The van der Waals surface area contributed by atoms with Gasteiger partial charge in [0.05, 0.1) is 12.0 Å². The SMILES string of the molecule is CC(CC(C)(C)C(Cc1cc(C(C)(C)C)c(O)c(C(C)(C)C)c1)C(=O)OOC(=O)C1(Cc2cc(C(C)(C)C)c(O)c(C(C)(C)C)c2)OO1)OC(=O)CCc1cc(C(C)(C)C)c(O)c(C(C)(C)C)c1. The average Bonchev–Trinajstić information content (AvgIpc) is 3.93. The quantitative estimate of drug-likeness (QED) is 0.0646. The lowest BCUT2D eigenvalue weighted by Crippen LogP contribution is -2.38. The fraction of sp³-hybridized carbons (Fsp3) is 0.632. The summed E-state index contributed by atoms with van der Waals surface area (Å²) in [5.41, 5.74) is 3.55. The first-order valence-corrected chi connectivity index (χ1v) is 24.2. The van der Waals surface area contributed by atoms with Crippen LogP contribution in [0.1, 0.15) is 208 Å². The van der Waals surface area contributed by atoms with Gasteiger partial charge in [0, 0.05) is 12.8 Å². The molecular formula is C57H84O11. The van der Waals surface area contributed by atoms with Crippen molar-refractivity contribution in [2.45, 2.75) is 222 Å². The highest BCUT2D eigenvalue weighted by Gasteiger charge is 2.60. The largest absolute Gasteiger partial charge is 0.507 e. The van der Waals surface area contributed by atoms with Gasteiger partial charge >= 0.3 is 23.7 Å². The number of aromatic hydroxyl groups is 3. The monoisotopic (exact) mass is 945 g/mol. The van der Waals surface area contributed by atoms with Gasteiger partial charge in [0.25, 0.3) is 0 Å². The molecule has 3 aromatic rings. The predicted molar refractivity (Wildman–Crippen MR) is 267 cm³/mol. The van der Waals surface area contributed by atoms with Crippen LogP contribution in [0.3, 0.4) is 0 Å². The van der Waals surface area contributed by atoms with E-state index < -0.39 is 62.8 Å². The van der Waals surface area contributed by atoms with E-state index in [1.54, 1.807) is 6.92 Å². The fourth-order valence-corrected chi connectivity index (χ4v) is 8.96. The van der Waals surface area contributed by atoms with Crippen LogP contribution < -0.4 is 0 Å². The summed E-state index contributed by atoms with van der Waals surface area (Å²) in [4.78, 5) is 63.0. The number of hydrogen-bond donors (Lipinski definition) is 3. The number of phenolic OH excluding ortho intramolecular Hbond substituents is 3. The molecule has 68 heavy (non-hydrogen) atoms. The second-order valence-electron chi connectivity index (χ2n) is 26.2. The van der Waals surface area contributed by atoms with Crippen LogP contribution in [0.25, 0.3) is 0 Å². The van der Waals surface area contributed by atoms with Crippen molar-refractivity contribution in [1.82, 2.24) is 0 Å². The minimum absolute atomic E-state index is 0.0749. The fourth-order valence-electron chi connectivity index (χ4n) is 8.96. The lowest BCUT2D eigenvalue weighted by molar-refractivity contribution is -0.269. The summed E-state index contributed by atoms with van der Waals surface area (Å²) in [5, 5.41) is 34.0. The van der Waals surface area contributed by atoms with Gasteiger partial charge in [0.2, 0.25) is 0 Å². The van der Waals surface area contributed by atoms with Gasteiger partial charge in [-0.3, -0.25) is 4.79 Å². The molecule has 2 atom stereocenters. The standard InChI is InChI=1S/C57H84O11/c1-33(64-44(58)23-22-34-24-37(50(2,3)4)45(59)38(25-34)51(5,6)7)31-56(20,21)43(28-35-26-39(52(8,9)10)46(60)40(27-35)53(11,12)13)48(62)65-66-49(63)57(67-68-57)32-36-29-41(54(14,15)16)47(61)42(30-36)55(17,18)19/h24-27,29-30,33,43,59-61H,22-23,28,31-32H2,1-21H3. The summed E-state index contributed by atoms with van der Waals surface area (Å²) in [5.74, 6) is -4.44. The highest BCUT2D eigenvalue weighted by atomic mass is 17.4. The molecule has 1 saturated heterocycles. The third kappa shape index (κ3) is 13.6. The van der Waals surface area contributed by atoms with Crippen LogP contribution in [0.5, 0.6) is 17.2 Å². The molecule has 1 aliphatic rings. The normalized spacial score (nSPS) is 15.7. The predicted octanol–water partition coefficient (Wildman–Crippen LogP) is 12.6. The number of benzene rings is 3. The van der Waals surface area contributed by atoms with Crippen LogP contribution >= 0.6 is 0 Å². The van der Waals surface area contributed by atoms with Crippen molar-refractivity contribution in [3.8, 4) is 17.2 Å². The van der Waals surface area contributed by atoms with Crippen molar-refractivity contribution < 1.29 is 54.0 Å². The number of aryl methyl sites for hydroxylation is 1. The Bertz CT molecular complexity index is 2240. The molecule has 378 valence electrons. The van der Waals surface area contributed by atoms with Gasteiger partial charge in [0.1, 0.15) is 17.2 Å².